The molecule has 0 spiro atoms. The van der Waals surface area contributed by atoms with Gasteiger partial charge in [0.15, 0.2) is 0 Å². The highest BCUT2D eigenvalue weighted by Crippen LogP contribution is 2.09. The summed E-state index contributed by atoms with van der Waals surface area (Å²) in [7, 11) is 3.03. The Morgan fingerprint density at radius 3 is 2.75 bits per heavy atom. The monoisotopic (exact) mass is 292 g/mol. The summed E-state index contributed by atoms with van der Waals surface area (Å²) in [6.45, 7) is 0. The second-order valence-electron chi connectivity index (χ2n) is 4.18. The van der Waals surface area contributed by atoms with Gasteiger partial charge in [-0.3, -0.25) is 19.4 Å². The third-order valence-corrected chi connectivity index (χ3v) is 2.94. The molecule has 0 radical (unpaired) electrons. The molecule has 0 aliphatic heterocycles. The molecule has 0 fully saturated rings. The quantitative estimate of drug-likeness (QED) is 0.682. The Morgan fingerprint density at radius 2 is 2.10 bits per heavy atom. The third kappa shape index (κ3) is 3.16. The van der Waals surface area contributed by atoms with Crippen molar-refractivity contribution in [1.29, 1.82) is 0 Å². The Labute approximate surface area is 119 Å². The van der Waals surface area contributed by atoms with Crippen molar-refractivity contribution in [1.82, 2.24) is 9.55 Å². The third-order valence-electron chi connectivity index (χ3n) is 2.71. The first kappa shape index (κ1) is 14.1. The minimum atomic E-state index is -0.489. The molecule has 0 atom stereocenters. The van der Waals surface area contributed by atoms with E-state index in [0.717, 1.165) is 10.1 Å². The van der Waals surface area contributed by atoms with E-state index in [1.807, 2.05) is 12.1 Å². The van der Waals surface area contributed by atoms with E-state index >= 15 is 0 Å². The van der Waals surface area contributed by atoms with Crippen LogP contribution in [0.5, 0.6) is 0 Å². The maximum Gasteiger partial charge on any atom is 0.329 e. The lowest BCUT2D eigenvalue weighted by molar-refractivity contribution is 0.766. The van der Waals surface area contributed by atoms with Crippen molar-refractivity contribution >= 4 is 23.6 Å². The zero-order valence-corrected chi connectivity index (χ0v) is 11.8. The van der Waals surface area contributed by atoms with Crippen molar-refractivity contribution in [3.05, 3.63) is 61.8 Å². The molecule has 0 saturated heterocycles. The molecular weight excluding hydrogens is 280 g/mol. The maximum atomic E-state index is 11.5. The van der Waals surface area contributed by atoms with Gasteiger partial charge in [-0.2, -0.15) is 5.10 Å². The van der Waals surface area contributed by atoms with E-state index in [4.69, 9.17) is 11.6 Å². The van der Waals surface area contributed by atoms with Crippen molar-refractivity contribution in [3.63, 3.8) is 0 Å². The molecule has 104 valence electrons. The number of hydrogen-bond acceptors (Lipinski definition) is 4. The van der Waals surface area contributed by atoms with Crippen molar-refractivity contribution in [2.75, 3.05) is 12.1 Å². The number of halogens is 1. The minimum absolute atomic E-state index is 0.316. The summed E-state index contributed by atoms with van der Waals surface area (Å²) >= 11 is 5.87. The number of anilines is 1. The number of hydrazone groups is 1. The summed E-state index contributed by atoms with van der Waals surface area (Å²) in [6.07, 6.45) is 1.58. The topological polar surface area (TPSA) is 70.5 Å². The second kappa shape index (κ2) is 5.75. The lowest BCUT2D eigenvalue weighted by Gasteiger charge is -2.12. The summed E-state index contributed by atoms with van der Waals surface area (Å²) in [4.78, 5) is 25.6. The second-order valence-corrected chi connectivity index (χ2v) is 4.62. The van der Waals surface area contributed by atoms with Gasteiger partial charge in [0.05, 0.1) is 6.21 Å². The van der Waals surface area contributed by atoms with Crippen LogP contribution in [0.3, 0.4) is 0 Å². The van der Waals surface area contributed by atoms with E-state index in [1.165, 1.54) is 18.1 Å². The van der Waals surface area contributed by atoms with Gasteiger partial charge in [0.25, 0.3) is 5.56 Å². The number of benzene rings is 1. The molecule has 7 heteroatoms. The maximum absolute atomic E-state index is 11.5. The lowest BCUT2D eigenvalue weighted by Crippen LogP contribution is -2.33. The van der Waals surface area contributed by atoms with Crippen LogP contribution in [0, 0.1) is 0 Å². The van der Waals surface area contributed by atoms with Gasteiger partial charge in [-0.1, -0.05) is 23.7 Å². The molecule has 0 aliphatic rings. The first-order valence-electron chi connectivity index (χ1n) is 5.81. The van der Waals surface area contributed by atoms with Crippen LogP contribution in [0.2, 0.25) is 5.02 Å². The summed E-state index contributed by atoms with van der Waals surface area (Å²) < 4.78 is 0.984. The van der Waals surface area contributed by atoms with E-state index < -0.39 is 11.2 Å². The van der Waals surface area contributed by atoms with E-state index in [9.17, 15) is 9.59 Å². The standard InChI is InChI=1S/C13H13ClN4O2/c1-17-12(19)7-11(16-13(17)20)18(2)15-8-9-4-3-5-10(14)6-9/h3-8H,1-2H3,(H,16,20)/b15-8+. The van der Waals surface area contributed by atoms with Crippen LogP contribution in [0.1, 0.15) is 5.56 Å². The molecule has 0 amide bonds. The highest BCUT2D eigenvalue weighted by Gasteiger charge is 2.04. The van der Waals surface area contributed by atoms with Crippen LogP contribution >= 0.6 is 11.6 Å². The highest BCUT2D eigenvalue weighted by atomic mass is 35.5. The van der Waals surface area contributed by atoms with Crippen LogP contribution in [-0.4, -0.2) is 22.8 Å². The van der Waals surface area contributed by atoms with Crippen LogP contribution in [0.25, 0.3) is 0 Å². The summed E-state index contributed by atoms with van der Waals surface area (Å²) in [5.74, 6) is 0.316. The minimum Gasteiger partial charge on any atom is -0.292 e. The summed E-state index contributed by atoms with van der Waals surface area (Å²) in [6, 6.07) is 8.48. The van der Waals surface area contributed by atoms with Gasteiger partial charge in [-0.05, 0) is 17.7 Å². The van der Waals surface area contributed by atoms with E-state index in [-0.39, 0.29) is 0 Å². The molecule has 6 nitrogen and oxygen atoms in total. The normalized spacial score (nSPS) is 10.9. The van der Waals surface area contributed by atoms with Gasteiger partial charge in [0, 0.05) is 25.2 Å². The summed E-state index contributed by atoms with van der Waals surface area (Å²) in [5, 5.41) is 6.17. The smallest absolute Gasteiger partial charge is 0.292 e. The number of aromatic nitrogens is 2. The SMILES string of the molecule is CN(/N=C/c1cccc(Cl)c1)c1cc(=O)n(C)c(=O)[nH]1. The van der Waals surface area contributed by atoms with E-state index in [2.05, 4.69) is 10.1 Å². The van der Waals surface area contributed by atoms with E-state index in [0.29, 0.717) is 10.8 Å². The van der Waals surface area contributed by atoms with Gasteiger partial charge in [-0.25, -0.2) is 4.79 Å². The molecule has 0 saturated carbocycles. The van der Waals surface area contributed by atoms with Gasteiger partial charge < -0.3 is 0 Å². The average molecular weight is 293 g/mol. The Kier molecular flexibility index (Phi) is 4.05. The van der Waals surface area contributed by atoms with Crippen LogP contribution in [0.15, 0.2) is 45.0 Å². The molecule has 1 aromatic carbocycles. The van der Waals surface area contributed by atoms with Crippen LogP contribution in [-0.2, 0) is 7.05 Å². The van der Waals surface area contributed by atoms with Gasteiger partial charge in [-0.15, -0.1) is 0 Å². The number of hydrogen-bond donors (Lipinski definition) is 1. The predicted molar refractivity (Wildman–Crippen MR) is 79.8 cm³/mol. The summed E-state index contributed by atoms with van der Waals surface area (Å²) in [5.41, 5.74) is -0.0682. The fraction of sp³-hybridized carbons (Fsp3) is 0.154. The Hall–Kier alpha value is -2.34. The largest absolute Gasteiger partial charge is 0.329 e. The number of aromatic amines is 1. The zero-order chi connectivity index (χ0) is 14.7. The first-order valence-corrected chi connectivity index (χ1v) is 6.19. The molecule has 0 aliphatic carbocycles. The van der Waals surface area contributed by atoms with Gasteiger partial charge >= 0.3 is 5.69 Å². The molecule has 0 bridgehead atoms. The molecule has 2 rings (SSSR count). The average Bonchev–Trinajstić information content (AvgIpc) is 2.41. The van der Waals surface area contributed by atoms with Crippen molar-refractivity contribution < 1.29 is 0 Å². The first-order chi connectivity index (χ1) is 9.47. The van der Waals surface area contributed by atoms with Crippen molar-refractivity contribution in [2.24, 2.45) is 12.1 Å². The molecule has 1 heterocycles. The molecule has 1 aromatic heterocycles. The van der Waals surface area contributed by atoms with Crippen LogP contribution < -0.4 is 16.3 Å². The molecule has 2 aromatic rings. The molecule has 0 unspecified atom stereocenters. The molecule has 1 N–H and O–H groups in total. The predicted octanol–water partition coefficient (Wildman–Crippen LogP) is 1.20. The fourth-order valence-corrected chi connectivity index (χ4v) is 1.72. The molecule has 20 heavy (non-hydrogen) atoms. The Bertz CT molecular complexity index is 732. The fourth-order valence-electron chi connectivity index (χ4n) is 1.52. The van der Waals surface area contributed by atoms with Crippen molar-refractivity contribution in [3.8, 4) is 0 Å². The Balaban J connectivity index is 2.26. The zero-order valence-electron chi connectivity index (χ0n) is 11.0. The van der Waals surface area contributed by atoms with E-state index in [1.54, 1.807) is 25.4 Å². The van der Waals surface area contributed by atoms with Crippen LogP contribution in [0.4, 0.5) is 5.82 Å². The number of H-pyrrole nitrogens is 1. The Morgan fingerprint density at radius 1 is 1.35 bits per heavy atom. The van der Waals surface area contributed by atoms with Gasteiger partial charge in [0.2, 0.25) is 0 Å². The number of nitrogens with zero attached hydrogens (tertiary/aromatic N) is 3. The van der Waals surface area contributed by atoms with Gasteiger partial charge in [0.1, 0.15) is 5.82 Å². The number of rotatable bonds is 3. The lowest BCUT2D eigenvalue weighted by atomic mass is 10.2. The molecular formula is C13H13ClN4O2. The number of nitrogens with one attached hydrogen (secondary N) is 1. The highest BCUT2D eigenvalue weighted by molar-refractivity contribution is 6.30. The van der Waals surface area contributed by atoms with Crippen molar-refractivity contribution in [2.45, 2.75) is 0 Å².